The molecule has 0 aromatic rings. The number of ether oxygens (including phenoxy) is 3. The molecule has 0 fully saturated rings. The lowest BCUT2D eigenvalue weighted by molar-refractivity contribution is -0.139. The second-order valence-electron chi connectivity index (χ2n) is 9.55. The summed E-state index contributed by atoms with van der Waals surface area (Å²) in [5.41, 5.74) is 0. The zero-order valence-corrected chi connectivity index (χ0v) is 22.8. The largest absolute Gasteiger partial charge is 0.460 e. The van der Waals surface area contributed by atoms with Crippen LogP contribution < -0.4 is 0 Å². The number of esters is 1. The Morgan fingerprint density at radius 1 is 0.656 bits per heavy atom. The Morgan fingerprint density at radius 2 is 1.09 bits per heavy atom. The van der Waals surface area contributed by atoms with Crippen molar-refractivity contribution in [2.75, 3.05) is 33.0 Å². The molecule has 0 saturated heterocycles. The Morgan fingerprint density at radius 3 is 1.62 bits per heavy atom. The molecule has 0 atom stereocenters. The summed E-state index contributed by atoms with van der Waals surface area (Å²) in [4.78, 5) is 10.9. The van der Waals surface area contributed by atoms with E-state index in [1.165, 1.54) is 108 Å². The lowest BCUT2D eigenvalue weighted by Crippen LogP contribution is -2.30. The van der Waals surface area contributed by atoms with E-state index in [1.54, 1.807) is 0 Å². The normalized spacial score (nSPS) is 11.6. The molecular formula is C27H54O4Si. The summed E-state index contributed by atoms with van der Waals surface area (Å²) >= 11 is 0. The third-order valence-corrected chi connectivity index (χ3v) is 11.0. The number of unbranched alkanes of at least 4 members (excludes halogenated alkanes) is 10. The first-order valence-electron chi connectivity index (χ1n) is 13.5. The van der Waals surface area contributed by atoms with Gasteiger partial charge in [0.2, 0.25) is 0 Å². The van der Waals surface area contributed by atoms with Gasteiger partial charge in [0.15, 0.2) is 0 Å². The Labute approximate surface area is 200 Å². The van der Waals surface area contributed by atoms with Crippen LogP contribution in [-0.2, 0) is 19.0 Å². The summed E-state index contributed by atoms with van der Waals surface area (Å²) in [5.74, 6) is -0.404. The van der Waals surface area contributed by atoms with Gasteiger partial charge in [-0.25, -0.2) is 4.79 Å². The number of carbonyl (C=O) groups excluding carboxylic acids is 1. The standard InChI is InChI=1S/C27H54O4Si/c1-5-8-10-12-14-16-24-32(4,25-17-15-13-11-9-6-2)26-18-19-29-20-21-30-22-23-31-27(28)7-3/h7H,3,5-6,8-26H2,1-2,4H3. The Kier molecular flexibility index (Phi) is 23.0. The molecule has 0 rings (SSSR count). The minimum atomic E-state index is -1.15. The molecule has 0 amide bonds. The third-order valence-electron chi connectivity index (χ3n) is 6.35. The average Bonchev–Trinajstić information content (AvgIpc) is 2.79. The van der Waals surface area contributed by atoms with E-state index < -0.39 is 14.0 Å². The Balaban J connectivity index is 3.98. The summed E-state index contributed by atoms with van der Waals surface area (Å²) in [7, 11) is -1.15. The average molecular weight is 471 g/mol. The van der Waals surface area contributed by atoms with Crippen molar-refractivity contribution in [2.24, 2.45) is 0 Å². The number of carbonyl (C=O) groups is 1. The summed E-state index contributed by atoms with van der Waals surface area (Å²) in [6, 6.07) is 4.40. The quantitative estimate of drug-likeness (QED) is 0.0588. The van der Waals surface area contributed by atoms with Gasteiger partial charge in [0, 0.05) is 12.7 Å². The fraction of sp³-hybridized carbons (Fsp3) is 0.889. The molecule has 0 aromatic carbocycles. The molecule has 0 aromatic heterocycles. The van der Waals surface area contributed by atoms with Crippen molar-refractivity contribution < 1.29 is 19.0 Å². The Bertz CT molecular complexity index is 412. The van der Waals surface area contributed by atoms with E-state index in [0.29, 0.717) is 19.8 Å². The molecule has 190 valence electrons. The molecule has 0 unspecified atom stereocenters. The number of rotatable bonds is 25. The predicted molar refractivity (Wildman–Crippen MR) is 140 cm³/mol. The SMILES string of the molecule is C=CC(=O)OCCOCCOCCC[Si](C)(CCCCCCCC)CCCCCCCC. The van der Waals surface area contributed by atoms with E-state index in [-0.39, 0.29) is 6.61 Å². The lowest BCUT2D eigenvalue weighted by atomic mass is 10.1. The topological polar surface area (TPSA) is 44.8 Å². The van der Waals surface area contributed by atoms with Gasteiger partial charge in [-0.05, 0) is 6.42 Å². The summed E-state index contributed by atoms with van der Waals surface area (Å²) in [5, 5.41) is 0. The van der Waals surface area contributed by atoms with Gasteiger partial charge in [-0.15, -0.1) is 0 Å². The van der Waals surface area contributed by atoms with E-state index in [4.69, 9.17) is 14.2 Å². The van der Waals surface area contributed by atoms with Crippen LogP contribution >= 0.6 is 0 Å². The maximum atomic E-state index is 10.9. The maximum absolute atomic E-state index is 10.9. The van der Waals surface area contributed by atoms with Crippen LogP contribution in [0, 0.1) is 0 Å². The van der Waals surface area contributed by atoms with Crippen LogP contribution in [0.2, 0.25) is 24.7 Å². The van der Waals surface area contributed by atoms with Crippen molar-refractivity contribution in [3.8, 4) is 0 Å². The molecule has 5 heteroatoms. The maximum Gasteiger partial charge on any atom is 0.330 e. The summed E-state index contributed by atoms with van der Waals surface area (Å²) in [6.07, 6.45) is 19.2. The van der Waals surface area contributed by atoms with Crippen molar-refractivity contribution in [1.29, 1.82) is 0 Å². The summed E-state index contributed by atoms with van der Waals surface area (Å²) in [6.45, 7) is 13.3. The summed E-state index contributed by atoms with van der Waals surface area (Å²) < 4.78 is 16.1. The fourth-order valence-corrected chi connectivity index (χ4v) is 8.18. The molecule has 0 spiro atoms. The van der Waals surface area contributed by atoms with Crippen molar-refractivity contribution in [3.63, 3.8) is 0 Å². The van der Waals surface area contributed by atoms with Gasteiger partial charge in [0.05, 0.1) is 27.9 Å². The van der Waals surface area contributed by atoms with Crippen molar-refractivity contribution in [2.45, 2.75) is 122 Å². The number of hydrogen-bond donors (Lipinski definition) is 0. The van der Waals surface area contributed by atoms with E-state index in [0.717, 1.165) is 6.61 Å². The molecule has 0 heterocycles. The third kappa shape index (κ3) is 21.2. The first kappa shape index (κ1) is 31.3. The van der Waals surface area contributed by atoms with Crippen LogP contribution in [0.4, 0.5) is 0 Å². The Hall–Kier alpha value is -0.653. The molecule has 4 nitrogen and oxygen atoms in total. The van der Waals surface area contributed by atoms with Gasteiger partial charge in [0.1, 0.15) is 6.61 Å². The van der Waals surface area contributed by atoms with Gasteiger partial charge >= 0.3 is 5.97 Å². The number of hydrogen-bond acceptors (Lipinski definition) is 4. The minimum absolute atomic E-state index is 0.270. The fourth-order valence-electron chi connectivity index (χ4n) is 4.22. The monoisotopic (exact) mass is 470 g/mol. The highest BCUT2D eigenvalue weighted by Gasteiger charge is 2.25. The molecule has 0 aliphatic rings. The zero-order chi connectivity index (χ0) is 23.8. The lowest BCUT2D eigenvalue weighted by Gasteiger charge is -2.28. The second-order valence-corrected chi connectivity index (χ2v) is 14.7. The van der Waals surface area contributed by atoms with Gasteiger partial charge in [0.25, 0.3) is 0 Å². The van der Waals surface area contributed by atoms with Gasteiger partial charge < -0.3 is 14.2 Å². The predicted octanol–water partition coefficient (Wildman–Crippen LogP) is 7.94. The minimum Gasteiger partial charge on any atom is -0.460 e. The van der Waals surface area contributed by atoms with Gasteiger partial charge in [-0.3, -0.25) is 0 Å². The van der Waals surface area contributed by atoms with Crippen molar-refractivity contribution in [1.82, 2.24) is 0 Å². The van der Waals surface area contributed by atoms with E-state index in [9.17, 15) is 4.79 Å². The van der Waals surface area contributed by atoms with Crippen LogP contribution in [0.15, 0.2) is 12.7 Å². The van der Waals surface area contributed by atoms with E-state index in [1.807, 2.05) is 0 Å². The first-order valence-corrected chi connectivity index (χ1v) is 16.6. The molecule has 32 heavy (non-hydrogen) atoms. The highest BCUT2D eigenvalue weighted by molar-refractivity contribution is 6.78. The molecule has 0 aliphatic carbocycles. The van der Waals surface area contributed by atoms with Crippen LogP contribution in [0.1, 0.15) is 97.3 Å². The molecule has 0 bridgehead atoms. The molecule has 0 radical (unpaired) electrons. The zero-order valence-electron chi connectivity index (χ0n) is 21.8. The highest BCUT2D eigenvalue weighted by atomic mass is 28.3. The van der Waals surface area contributed by atoms with Crippen molar-refractivity contribution >= 4 is 14.0 Å². The van der Waals surface area contributed by atoms with Gasteiger partial charge in [-0.2, -0.15) is 0 Å². The van der Waals surface area contributed by atoms with Crippen LogP contribution in [0.3, 0.4) is 0 Å². The smallest absolute Gasteiger partial charge is 0.330 e. The van der Waals surface area contributed by atoms with Gasteiger partial charge in [-0.1, -0.05) is 122 Å². The molecule has 0 saturated carbocycles. The van der Waals surface area contributed by atoms with Crippen LogP contribution in [-0.4, -0.2) is 47.1 Å². The first-order chi connectivity index (χ1) is 15.6. The van der Waals surface area contributed by atoms with E-state index in [2.05, 4.69) is 27.0 Å². The van der Waals surface area contributed by atoms with Crippen LogP contribution in [0.25, 0.3) is 0 Å². The molecule has 0 N–H and O–H groups in total. The van der Waals surface area contributed by atoms with E-state index >= 15 is 0 Å². The second kappa shape index (κ2) is 23.5. The highest BCUT2D eigenvalue weighted by Crippen LogP contribution is 2.28. The molecular weight excluding hydrogens is 416 g/mol. The molecule has 0 aliphatic heterocycles. The van der Waals surface area contributed by atoms with Crippen LogP contribution in [0.5, 0.6) is 0 Å². The van der Waals surface area contributed by atoms with Crippen molar-refractivity contribution in [3.05, 3.63) is 12.7 Å².